The third-order valence-corrected chi connectivity index (χ3v) is 2.58. The molecule has 0 aliphatic carbocycles. The Kier molecular flexibility index (Phi) is 2.97. The van der Waals surface area contributed by atoms with E-state index < -0.39 is 4.92 Å². The maximum atomic E-state index is 10.5. The maximum Gasteiger partial charge on any atom is 0.269 e. The maximum absolute atomic E-state index is 10.5. The van der Waals surface area contributed by atoms with Gasteiger partial charge in [-0.2, -0.15) is 0 Å². The number of aromatic hydroxyl groups is 1. The van der Waals surface area contributed by atoms with Gasteiger partial charge in [-0.3, -0.25) is 10.1 Å². The van der Waals surface area contributed by atoms with Gasteiger partial charge in [0.1, 0.15) is 5.75 Å². The zero-order valence-corrected chi connectivity index (χ0v) is 9.39. The highest BCUT2D eigenvalue weighted by molar-refractivity contribution is 6.31. The standard InChI is InChI=1S/C12H8ClNO3/c13-9-3-6-12(15)11(7-9)8-1-4-10(5-2-8)14(16)17/h1-7,15H. The summed E-state index contributed by atoms with van der Waals surface area (Å²) in [5, 5.41) is 20.7. The number of halogens is 1. The largest absolute Gasteiger partial charge is 0.507 e. The van der Waals surface area contributed by atoms with Crippen molar-refractivity contribution in [1.29, 1.82) is 0 Å². The van der Waals surface area contributed by atoms with Crippen LogP contribution in [0.25, 0.3) is 11.1 Å². The summed E-state index contributed by atoms with van der Waals surface area (Å²) in [6.45, 7) is 0. The molecule has 1 N–H and O–H groups in total. The molecule has 2 aromatic carbocycles. The summed E-state index contributed by atoms with van der Waals surface area (Å²) < 4.78 is 0. The molecule has 2 aromatic rings. The summed E-state index contributed by atoms with van der Waals surface area (Å²) in [6.07, 6.45) is 0. The van der Waals surface area contributed by atoms with Gasteiger partial charge in [0, 0.05) is 22.7 Å². The Bertz CT molecular complexity index is 566. The molecule has 0 aromatic heterocycles. The van der Waals surface area contributed by atoms with Crippen molar-refractivity contribution < 1.29 is 10.0 Å². The zero-order chi connectivity index (χ0) is 12.4. The predicted molar refractivity (Wildman–Crippen MR) is 65.2 cm³/mol. The molecule has 0 saturated carbocycles. The number of nitro benzene ring substituents is 1. The fraction of sp³-hybridized carbons (Fsp3) is 0. The number of hydrogen-bond donors (Lipinski definition) is 1. The number of phenolic OH excluding ortho intramolecular Hbond substituents is 1. The average molecular weight is 250 g/mol. The fourth-order valence-electron chi connectivity index (χ4n) is 1.50. The van der Waals surface area contributed by atoms with Crippen LogP contribution in [0.3, 0.4) is 0 Å². The molecule has 0 saturated heterocycles. The Balaban J connectivity index is 2.46. The van der Waals surface area contributed by atoms with Gasteiger partial charge in [-0.15, -0.1) is 0 Å². The number of nitrogens with zero attached hydrogens (tertiary/aromatic N) is 1. The topological polar surface area (TPSA) is 63.4 Å². The molecule has 0 aliphatic heterocycles. The molecule has 0 atom stereocenters. The molecule has 0 radical (unpaired) electrons. The number of non-ortho nitro benzene ring substituents is 1. The number of rotatable bonds is 2. The van der Waals surface area contributed by atoms with E-state index >= 15 is 0 Å². The van der Waals surface area contributed by atoms with Gasteiger partial charge in [-0.1, -0.05) is 11.6 Å². The van der Waals surface area contributed by atoms with E-state index in [0.29, 0.717) is 16.1 Å². The third-order valence-electron chi connectivity index (χ3n) is 2.35. The van der Waals surface area contributed by atoms with Crippen LogP contribution in [0.4, 0.5) is 5.69 Å². The van der Waals surface area contributed by atoms with E-state index in [-0.39, 0.29) is 11.4 Å². The quantitative estimate of drug-likeness (QED) is 0.653. The second-order valence-corrected chi connectivity index (χ2v) is 3.90. The molecule has 4 nitrogen and oxygen atoms in total. The average Bonchev–Trinajstić information content (AvgIpc) is 2.32. The number of phenols is 1. The first-order chi connectivity index (χ1) is 8.08. The van der Waals surface area contributed by atoms with Gasteiger partial charge in [0.15, 0.2) is 0 Å². The molecule has 0 aliphatic rings. The van der Waals surface area contributed by atoms with Crippen molar-refractivity contribution in [3.05, 3.63) is 57.6 Å². The van der Waals surface area contributed by atoms with E-state index in [9.17, 15) is 15.2 Å². The number of hydrogen-bond acceptors (Lipinski definition) is 3. The van der Waals surface area contributed by atoms with Crippen LogP contribution in [0.2, 0.25) is 5.02 Å². The van der Waals surface area contributed by atoms with Crippen molar-refractivity contribution >= 4 is 17.3 Å². The van der Waals surface area contributed by atoms with Crippen molar-refractivity contribution in [2.45, 2.75) is 0 Å². The summed E-state index contributed by atoms with van der Waals surface area (Å²) in [5.41, 5.74) is 1.23. The molecule has 0 amide bonds. The molecular weight excluding hydrogens is 242 g/mol. The van der Waals surface area contributed by atoms with Gasteiger partial charge in [0.05, 0.1) is 4.92 Å². The summed E-state index contributed by atoms with van der Waals surface area (Å²) in [4.78, 5) is 10.0. The second-order valence-electron chi connectivity index (χ2n) is 3.47. The van der Waals surface area contributed by atoms with Gasteiger partial charge in [-0.05, 0) is 35.9 Å². The molecule has 0 spiro atoms. The molecular formula is C12H8ClNO3. The van der Waals surface area contributed by atoms with Crippen LogP contribution < -0.4 is 0 Å². The normalized spacial score (nSPS) is 10.2. The Morgan fingerprint density at radius 3 is 2.35 bits per heavy atom. The van der Waals surface area contributed by atoms with E-state index in [1.54, 1.807) is 24.3 Å². The summed E-state index contributed by atoms with van der Waals surface area (Å²) in [5.74, 6) is 0.0863. The van der Waals surface area contributed by atoms with Crippen molar-refractivity contribution in [2.24, 2.45) is 0 Å². The van der Waals surface area contributed by atoms with Crippen molar-refractivity contribution in [1.82, 2.24) is 0 Å². The molecule has 5 heteroatoms. The van der Waals surface area contributed by atoms with Crippen molar-refractivity contribution in [3.63, 3.8) is 0 Å². The van der Waals surface area contributed by atoms with Crippen LogP contribution >= 0.6 is 11.6 Å². The Morgan fingerprint density at radius 2 is 1.76 bits per heavy atom. The molecule has 0 heterocycles. The van der Waals surface area contributed by atoms with E-state index in [4.69, 9.17) is 11.6 Å². The first-order valence-corrected chi connectivity index (χ1v) is 5.19. The van der Waals surface area contributed by atoms with Gasteiger partial charge in [0.2, 0.25) is 0 Å². The molecule has 2 rings (SSSR count). The number of nitro groups is 1. The molecule has 0 fully saturated rings. The van der Waals surface area contributed by atoms with Crippen LogP contribution in [0, 0.1) is 10.1 Å². The first kappa shape index (κ1) is 11.4. The third kappa shape index (κ3) is 2.37. The summed E-state index contributed by atoms with van der Waals surface area (Å²) >= 11 is 5.83. The Morgan fingerprint density at radius 1 is 1.12 bits per heavy atom. The fourth-order valence-corrected chi connectivity index (χ4v) is 1.67. The first-order valence-electron chi connectivity index (χ1n) is 4.81. The second kappa shape index (κ2) is 4.43. The van der Waals surface area contributed by atoms with Crippen molar-refractivity contribution in [3.8, 4) is 16.9 Å². The highest BCUT2D eigenvalue weighted by Crippen LogP contribution is 2.32. The zero-order valence-electron chi connectivity index (χ0n) is 8.63. The highest BCUT2D eigenvalue weighted by atomic mass is 35.5. The highest BCUT2D eigenvalue weighted by Gasteiger charge is 2.08. The lowest BCUT2D eigenvalue weighted by Crippen LogP contribution is -1.87. The van der Waals surface area contributed by atoms with E-state index in [0.717, 1.165) is 0 Å². The summed E-state index contributed by atoms with van der Waals surface area (Å²) in [6, 6.07) is 10.6. The van der Waals surface area contributed by atoms with Gasteiger partial charge in [-0.25, -0.2) is 0 Å². The smallest absolute Gasteiger partial charge is 0.269 e. The van der Waals surface area contributed by atoms with Crippen LogP contribution in [-0.4, -0.2) is 10.0 Å². The van der Waals surface area contributed by atoms with Gasteiger partial charge < -0.3 is 5.11 Å². The molecule has 86 valence electrons. The minimum Gasteiger partial charge on any atom is -0.507 e. The number of benzene rings is 2. The minimum atomic E-state index is -0.471. The summed E-state index contributed by atoms with van der Waals surface area (Å²) in [7, 11) is 0. The van der Waals surface area contributed by atoms with Crippen LogP contribution in [0.15, 0.2) is 42.5 Å². The molecule has 17 heavy (non-hydrogen) atoms. The Labute approximate surface area is 102 Å². The van der Waals surface area contributed by atoms with Crippen molar-refractivity contribution in [2.75, 3.05) is 0 Å². The minimum absolute atomic E-state index is 0.00951. The van der Waals surface area contributed by atoms with Gasteiger partial charge in [0.25, 0.3) is 5.69 Å². The monoisotopic (exact) mass is 249 g/mol. The molecule has 0 bridgehead atoms. The van der Waals surface area contributed by atoms with Crippen LogP contribution in [-0.2, 0) is 0 Å². The lowest BCUT2D eigenvalue weighted by Gasteiger charge is -2.04. The Hall–Kier alpha value is -2.07. The van der Waals surface area contributed by atoms with E-state index in [2.05, 4.69) is 0 Å². The lowest BCUT2D eigenvalue weighted by atomic mass is 10.0. The van der Waals surface area contributed by atoms with Crippen LogP contribution in [0.5, 0.6) is 5.75 Å². The SMILES string of the molecule is O=[N+]([O-])c1ccc(-c2cc(Cl)ccc2O)cc1. The molecule has 0 unspecified atom stereocenters. The van der Waals surface area contributed by atoms with E-state index in [1.807, 2.05) is 0 Å². The van der Waals surface area contributed by atoms with Crippen LogP contribution in [0.1, 0.15) is 0 Å². The van der Waals surface area contributed by atoms with Gasteiger partial charge >= 0.3 is 0 Å². The van der Waals surface area contributed by atoms with E-state index in [1.165, 1.54) is 18.2 Å². The predicted octanol–water partition coefficient (Wildman–Crippen LogP) is 3.62. The lowest BCUT2D eigenvalue weighted by molar-refractivity contribution is -0.384.